The van der Waals surface area contributed by atoms with Gasteiger partial charge in [-0.2, -0.15) is 0 Å². The van der Waals surface area contributed by atoms with Crippen molar-refractivity contribution in [2.24, 2.45) is 11.3 Å². The van der Waals surface area contributed by atoms with Crippen molar-refractivity contribution in [3.05, 3.63) is 0 Å². The van der Waals surface area contributed by atoms with Gasteiger partial charge in [0.05, 0.1) is 5.41 Å². The van der Waals surface area contributed by atoms with Gasteiger partial charge in [-0.05, 0) is 38.0 Å². The van der Waals surface area contributed by atoms with Crippen LogP contribution in [0.3, 0.4) is 0 Å². The van der Waals surface area contributed by atoms with Crippen molar-refractivity contribution in [2.45, 2.75) is 38.5 Å². The molecule has 26 heavy (non-hydrogen) atoms. The first-order valence-electron chi connectivity index (χ1n) is 9.63. The highest BCUT2D eigenvalue weighted by molar-refractivity contribution is 6.03. The molecule has 3 heterocycles. The summed E-state index contributed by atoms with van der Waals surface area (Å²) in [6, 6.07) is -0.516. The quantitative estimate of drug-likeness (QED) is 0.723. The molecule has 0 aromatic carbocycles. The zero-order valence-corrected chi connectivity index (χ0v) is 15.0. The summed E-state index contributed by atoms with van der Waals surface area (Å²) in [6.45, 7) is 2.51. The fourth-order valence-corrected chi connectivity index (χ4v) is 4.65. The van der Waals surface area contributed by atoms with Gasteiger partial charge in [-0.3, -0.25) is 19.7 Å². The van der Waals surface area contributed by atoms with Gasteiger partial charge in [-0.1, -0.05) is 6.42 Å². The van der Waals surface area contributed by atoms with Crippen molar-refractivity contribution < 1.29 is 19.2 Å². The number of piperidine rings is 1. The minimum absolute atomic E-state index is 0.0718. The molecule has 0 unspecified atom stereocenters. The number of hydrogen-bond acceptors (Lipinski definition) is 4. The Labute approximate surface area is 152 Å². The predicted molar refractivity (Wildman–Crippen MR) is 91.9 cm³/mol. The van der Waals surface area contributed by atoms with E-state index in [1.54, 1.807) is 4.90 Å². The Morgan fingerprint density at radius 3 is 2.54 bits per heavy atom. The van der Waals surface area contributed by atoms with Gasteiger partial charge < -0.3 is 14.7 Å². The number of carbonyl (C=O) groups excluding carboxylic acids is 4. The lowest BCUT2D eigenvalue weighted by molar-refractivity contribution is -0.147. The first-order chi connectivity index (χ1) is 12.5. The van der Waals surface area contributed by atoms with Gasteiger partial charge in [-0.25, -0.2) is 4.79 Å². The van der Waals surface area contributed by atoms with Gasteiger partial charge in [0.15, 0.2) is 0 Å². The van der Waals surface area contributed by atoms with E-state index in [4.69, 9.17) is 0 Å². The standard InChI is InChI=1S/C18H26N4O4/c23-14-10-22(17(26)19-14)11-15(24)21-8-6-18(12-21)5-2-7-20(16(18)25)9-13-3-1-4-13/h13H,1-12H2,(H,19,23,26)/t18-/m1/s1. The predicted octanol–water partition coefficient (Wildman–Crippen LogP) is 0.179. The van der Waals surface area contributed by atoms with Crippen LogP contribution in [0.25, 0.3) is 0 Å². The summed E-state index contributed by atoms with van der Waals surface area (Å²) in [5.41, 5.74) is -0.444. The number of nitrogens with one attached hydrogen (secondary N) is 1. The molecule has 142 valence electrons. The Balaban J connectivity index is 1.37. The molecule has 8 nitrogen and oxygen atoms in total. The Morgan fingerprint density at radius 2 is 1.88 bits per heavy atom. The van der Waals surface area contributed by atoms with Gasteiger partial charge in [0.25, 0.3) is 0 Å². The first-order valence-corrected chi connectivity index (χ1v) is 9.63. The molecule has 0 aromatic heterocycles. The number of amides is 5. The molecule has 1 aliphatic carbocycles. The Hall–Kier alpha value is -2.12. The molecular weight excluding hydrogens is 336 g/mol. The second-order valence-corrected chi connectivity index (χ2v) is 8.21. The fraction of sp³-hybridized carbons (Fsp3) is 0.778. The van der Waals surface area contributed by atoms with E-state index in [9.17, 15) is 19.2 Å². The number of urea groups is 1. The van der Waals surface area contributed by atoms with E-state index in [2.05, 4.69) is 5.32 Å². The van der Waals surface area contributed by atoms with E-state index in [0.29, 0.717) is 25.4 Å². The van der Waals surface area contributed by atoms with Crippen molar-refractivity contribution in [3.8, 4) is 0 Å². The van der Waals surface area contributed by atoms with Crippen LogP contribution >= 0.6 is 0 Å². The van der Waals surface area contributed by atoms with E-state index in [1.165, 1.54) is 24.2 Å². The van der Waals surface area contributed by atoms with Gasteiger partial charge in [0.1, 0.15) is 13.1 Å². The summed E-state index contributed by atoms with van der Waals surface area (Å²) < 4.78 is 0. The maximum Gasteiger partial charge on any atom is 0.325 e. The molecule has 1 spiro atoms. The van der Waals surface area contributed by atoms with Crippen LogP contribution < -0.4 is 5.32 Å². The highest BCUT2D eigenvalue weighted by Crippen LogP contribution is 2.41. The van der Waals surface area contributed by atoms with E-state index in [-0.39, 0.29) is 30.8 Å². The average Bonchev–Trinajstić information content (AvgIpc) is 3.12. The largest absolute Gasteiger partial charge is 0.342 e. The lowest BCUT2D eigenvalue weighted by Gasteiger charge is -2.42. The average molecular weight is 362 g/mol. The van der Waals surface area contributed by atoms with Crippen LogP contribution in [0.4, 0.5) is 4.79 Å². The van der Waals surface area contributed by atoms with Crippen LogP contribution in [0.5, 0.6) is 0 Å². The number of carbonyl (C=O) groups is 4. The maximum atomic E-state index is 13.1. The zero-order valence-electron chi connectivity index (χ0n) is 15.0. The molecule has 1 N–H and O–H groups in total. The normalized spacial score (nSPS) is 29.5. The van der Waals surface area contributed by atoms with E-state index in [0.717, 1.165) is 25.9 Å². The lowest BCUT2D eigenvalue weighted by Crippen LogP contribution is -2.52. The van der Waals surface area contributed by atoms with Crippen LogP contribution in [-0.4, -0.2) is 77.7 Å². The summed E-state index contributed by atoms with van der Waals surface area (Å²) in [5, 5.41) is 2.18. The maximum absolute atomic E-state index is 13.1. The number of hydrogen-bond donors (Lipinski definition) is 1. The van der Waals surface area contributed by atoms with Crippen LogP contribution in [-0.2, 0) is 14.4 Å². The fourth-order valence-electron chi connectivity index (χ4n) is 4.65. The molecule has 0 radical (unpaired) electrons. The summed E-state index contributed by atoms with van der Waals surface area (Å²) in [6.07, 6.45) is 6.23. The first kappa shape index (κ1) is 17.3. The lowest BCUT2D eigenvalue weighted by atomic mass is 9.77. The summed E-state index contributed by atoms with van der Waals surface area (Å²) in [4.78, 5) is 53.5. The SMILES string of the molecule is O=C1CN(CC(=O)N2CC[C@]3(CCCN(CC4CCC4)C3=O)C2)C(=O)N1. The third-order valence-corrected chi connectivity index (χ3v) is 6.43. The summed E-state index contributed by atoms with van der Waals surface area (Å²) >= 11 is 0. The summed E-state index contributed by atoms with van der Waals surface area (Å²) in [7, 11) is 0. The minimum atomic E-state index is -0.516. The Morgan fingerprint density at radius 1 is 1.08 bits per heavy atom. The van der Waals surface area contributed by atoms with Gasteiger partial charge in [0, 0.05) is 26.2 Å². The van der Waals surface area contributed by atoms with E-state index < -0.39 is 11.4 Å². The molecule has 5 amide bonds. The second kappa shape index (κ2) is 6.55. The van der Waals surface area contributed by atoms with Crippen LogP contribution in [0.2, 0.25) is 0 Å². The Bertz CT molecular complexity index is 647. The monoisotopic (exact) mass is 362 g/mol. The molecule has 4 rings (SSSR count). The summed E-state index contributed by atoms with van der Waals surface area (Å²) in [5.74, 6) is 0.296. The topological polar surface area (TPSA) is 90.0 Å². The number of imide groups is 1. The van der Waals surface area contributed by atoms with Crippen molar-refractivity contribution in [1.29, 1.82) is 0 Å². The second-order valence-electron chi connectivity index (χ2n) is 8.21. The molecule has 4 aliphatic rings. The van der Waals surface area contributed by atoms with E-state index >= 15 is 0 Å². The number of rotatable bonds is 4. The molecular formula is C18H26N4O4. The van der Waals surface area contributed by atoms with Gasteiger partial charge in [-0.15, -0.1) is 0 Å². The number of likely N-dealkylation sites (tertiary alicyclic amines) is 2. The third kappa shape index (κ3) is 3.05. The molecule has 8 heteroatoms. The molecule has 4 fully saturated rings. The molecule has 1 saturated carbocycles. The zero-order chi connectivity index (χ0) is 18.3. The minimum Gasteiger partial charge on any atom is -0.342 e. The Kier molecular flexibility index (Phi) is 4.36. The van der Waals surface area contributed by atoms with Crippen LogP contribution in [0.1, 0.15) is 38.5 Å². The van der Waals surface area contributed by atoms with Gasteiger partial charge >= 0.3 is 6.03 Å². The third-order valence-electron chi connectivity index (χ3n) is 6.43. The van der Waals surface area contributed by atoms with Crippen molar-refractivity contribution in [3.63, 3.8) is 0 Å². The highest BCUT2D eigenvalue weighted by Gasteiger charge is 2.50. The van der Waals surface area contributed by atoms with Gasteiger partial charge in [0.2, 0.25) is 17.7 Å². The molecule has 3 aliphatic heterocycles. The molecule has 0 aromatic rings. The van der Waals surface area contributed by atoms with Crippen molar-refractivity contribution in [1.82, 2.24) is 20.0 Å². The van der Waals surface area contributed by atoms with Crippen molar-refractivity contribution >= 4 is 23.8 Å². The number of nitrogens with zero attached hydrogens (tertiary/aromatic N) is 3. The van der Waals surface area contributed by atoms with Crippen molar-refractivity contribution in [2.75, 3.05) is 39.3 Å². The van der Waals surface area contributed by atoms with E-state index in [1.807, 2.05) is 4.90 Å². The molecule has 1 atom stereocenters. The molecule has 0 bridgehead atoms. The highest BCUT2D eigenvalue weighted by atomic mass is 16.2. The smallest absolute Gasteiger partial charge is 0.325 e. The molecule has 3 saturated heterocycles. The van der Waals surface area contributed by atoms with Crippen LogP contribution in [0, 0.1) is 11.3 Å². The van der Waals surface area contributed by atoms with Crippen LogP contribution in [0.15, 0.2) is 0 Å².